The minimum Gasteiger partial charge on any atom is -0.319 e. The lowest BCUT2D eigenvalue weighted by Gasteiger charge is -2.12. The zero-order chi connectivity index (χ0) is 17.3. The van der Waals surface area contributed by atoms with Crippen LogP contribution in [0, 0.1) is 0 Å². The van der Waals surface area contributed by atoms with E-state index in [1.165, 1.54) is 16.3 Å². The first-order chi connectivity index (χ1) is 12.9. The molecular weight excluding hydrogens is 318 g/mol. The van der Waals surface area contributed by atoms with Crippen LogP contribution in [0.15, 0.2) is 91.3 Å². The molecule has 0 radical (unpaired) electrons. The molecule has 3 heteroatoms. The Hall–Kier alpha value is -3.46. The molecule has 0 aliphatic carbocycles. The smallest absolute Gasteiger partial charge is 0.143 e. The topological polar surface area (TPSA) is 30.7 Å². The van der Waals surface area contributed by atoms with Crippen LogP contribution in [0.2, 0.25) is 0 Å². The molecule has 5 aromatic rings. The summed E-state index contributed by atoms with van der Waals surface area (Å²) in [4.78, 5) is 9.16. The predicted octanol–water partition coefficient (Wildman–Crippen LogP) is 5.30. The van der Waals surface area contributed by atoms with Crippen molar-refractivity contribution in [2.75, 3.05) is 0 Å². The van der Waals surface area contributed by atoms with Gasteiger partial charge in [-0.25, -0.2) is 4.98 Å². The molecule has 3 aromatic carbocycles. The van der Waals surface area contributed by atoms with Crippen molar-refractivity contribution in [1.82, 2.24) is 14.5 Å². The van der Waals surface area contributed by atoms with Crippen LogP contribution in [0.1, 0.15) is 5.56 Å². The Kier molecular flexibility index (Phi) is 3.49. The molecule has 0 saturated carbocycles. The zero-order valence-electron chi connectivity index (χ0n) is 14.2. The molecule has 0 aliphatic rings. The van der Waals surface area contributed by atoms with E-state index in [9.17, 15) is 0 Å². The number of hydrogen-bond donors (Lipinski definition) is 0. The normalized spacial score (nSPS) is 11.2. The average molecular weight is 335 g/mol. The Morgan fingerprint density at radius 2 is 1.62 bits per heavy atom. The summed E-state index contributed by atoms with van der Waals surface area (Å²) < 4.78 is 2.29. The number of para-hydroxylation sites is 2. The van der Waals surface area contributed by atoms with Crippen molar-refractivity contribution in [2.24, 2.45) is 0 Å². The number of nitrogens with zero attached hydrogens (tertiary/aromatic N) is 3. The van der Waals surface area contributed by atoms with Gasteiger partial charge >= 0.3 is 0 Å². The van der Waals surface area contributed by atoms with Crippen molar-refractivity contribution in [2.45, 2.75) is 6.54 Å². The van der Waals surface area contributed by atoms with Gasteiger partial charge in [0.2, 0.25) is 0 Å². The lowest BCUT2D eigenvalue weighted by atomic mass is 10.0. The zero-order valence-corrected chi connectivity index (χ0v) is 14.2. The Morgan fingerprint density at radius 3 is 2.54 bits per heavy atom. The SMILES string of the molecule is c1cncc(-c2nc3ccccc3n2Cc2cccc3ccccc23)c1. The molecule has 5 rings (SSSR count). The summed E-state index contributed by atoms with van der Waals surface area (Å²) in [5.74, 6) is 0.951. The molecule has 2 heterocycles. The number of aromatic nitrogens is 3. The van der Waals surface area contributed by atoms with Crippen LogP contribution in [0.25, 0.3) is 33.2 Å². The van der Waals surface area contributed by atoms with Gasteiger partial charge in [0.25, 0.3) is 0 Å². The van der Waals surface area contributed by atoms with Crippen LogP contribution in [0.4, 0.5) is 0 Å². The molecule has 2 aromatic heterocycles. The van der Waals surface area contributed by atoms with Crippen LogP contribution in [-0.2, 0) is 6.54 Å². The highest BCUT2D eigenvalue weighted by Gasteiger charge is 2.13. The maximum Gasteiger partial charge on any atom is 0.143 e. The van der Waals surface area contributed by atoms with Gasteiger partial charge in [-0.3, -0.25) is 4.98 Å². The van der Waals surface area contributed by atoms with E-state index in [-0.39, 0.29) is 0 Å². The van der Waals surface area contributed by atoms with Gasteiger partial charge in [-0.1, -0.05) is 54.6 Å². The summed E-state index contributed by atoms with van der Waals surface area (Å²) in [6.07, 6.45) is 3.67. The van der Waals surface area contributed by atoms with Gasteiger partial charge in [0.05, 0.1) is 17.6 Å². The van der Waals surface area contributed by atoms with E-state index in [1.54, 1.807) is 6.20 Å². The Balaban J connectivity index is 1.73. The fraction of sp³-hybridized carbons (Fsp3) is 0.0435. The molecule has 0 fully saturated rings. The minimum absolute atomic E-state index is 0.770. The van der Waals surface area contributed by atoms with E-state index >= 15 is 0 Å². The maximum atomic E-state index is 4.88. The highest BCUT2D eigenvalue weighted by atomic mass is 15.1. The first-order valence-corrected chi connectivity index (χ1v) is 8.72. The van der Waals surface area contributed by atoms with Crippen LogP contribution >= 0.6 is 0 Å². The van der Waals surface area contributed by atoms with Crippen molar-refractivity contribution in [3.8, 4) is 11.4 Å². The summed E-state index contributed by atoms with van der Waals surface area (Å²) in [5.41, 5.74) is 4.46. The van der Waals surface area contributed by atoms with Gasteiger partial charge in [0, 0.05) is 18.0 Å². The van der Waals surface area contributed by atoms with Crippen molar-refractivity contribution >= 4 is 21.8 Å². The summed E-state index contributed by atoms with van der Waals surface area (Å²) in [7, 11) is 0. The monoisotopic (exact) mass is 335 g/mol. The number of hydrogen-bond acceptors (Lipinski definition) is 2. The minimum atomic E-state index is 0.770. The fourth-order valence-corrected chi connectivity index (χ4v) is 3.55. The molecular formula is C23H17N3. The first-order valence-electron chi connectivity index (χ1n) is 8.72. The second-order valence-corrected chi connectivity index (χ2v) is 6.39. The molecule has 0 atom stereocenters. The van der Waals surface area contributed by atoms with Crippen LogP contribution in [0.3, 0.4) is 0 Å². The molecule has 0 saturated heterocycles. The lowest BCUT2D eigenvalue weighted by molar-refractivity contribution is 0.840. The highest BCUT2D eigenvalue weighted by molar-refractivity contribution is 5.86. The van der Waals surface area contributed by atoms with Crippen LogP contribution < -0.4 is 0 Å². The molecule has 0 N–H and O–H groups in total. The molecule has 0 spiro atoms. The lowest BCUT2D eigenvalue weighted by Crippen LogP contribution is -2.03. The number of imidazole rings is 1. The molecule has 124 valence electrons. The van der Waals surface area contributed by atoms with E-state index in [1.807, 2.05) is 18.3 Å². The number of benzene rings is 3. The second-order valence-electron chi connectivity index (χ2n) is 6.39. The van der Waals surface area contributed by atoms with Crippen molar-refractivity contribution < 1.29 is 0 Å². The van der Waals surface area contributed by atoms with Crippen molar-refractivity contribution in [3.05, 3.63) is 96.8 Å². The summed E-state index contributed by atoms with van der Waals surface area (Å²) in [5, 5.41) is 2.54. The quantitative estimate of drug-likeness (QED) is 0.448. The summed E-state index contributed by atoms with van der Waals surface area (Å²) in [6.45, 7) is 0.770. The first kappa shape index (κ1) is 14.8. The summed E-state index contributed by atoms with van der Waals surface area (Å²) in [6, 6.07) is 27.3. The van der Waals surface area contributed by atoms with Crippen molar-refractivity contribution in [1.29, 1.82) is 0 Å². The largest absolute Gasteiger partial charge is 0.319 e. The summed E-state index contributed by atoms with van der Waals surface area (Å²) >= 11 is 0. The van der Waals surface area contributed by atoms with E-state index in [2.05, 4.69) is 76.3 Å². The fourth-order valence-electron chi connectivity index (χ4n) is 3.55. The number of pyridine rings is 1. The molecule has 0 bridgehead atoms. The van der Waals surface area contributed by atoms with Crippen LogP contribution in [-0.4, -0.2) is 14.5 Å². The van der Waals surface area contributed by atoms with Crippen LogP contribution in [0.5, 0.6) is 0 Å². The van der Waals surface area contributed by atoms with Gasteiger partial charge < -0.3 is 4.57 Å². The molecule has 0 aliphatic heterocycles. The second kappa shape index (κ2) is 6.12. The molecule has 0 amide bonds. The van der Waals surface area contributed by atoms with E-state index < -0.39 is 0 Å². The third-order valence-corrected chi connectivity index (χ3v) is 4.78. The molecule has 0 unspecified atom stereocenters. The van der Waals surface area contributed by atoms with Gasteiger partial charge in [-0.15, -0.1) is 0 Å². The Labute approximate surface area is 151 Å². The van der Waals surface area contributed by atoms with Crippen molar-refractivity contribution in [3.63, 3.8) is 0 Å². The Bertz CT molecular complexity index is 1200. The van der Waals surface area contributed by atoms with E-state index in [0.29, 0.717) is 0 Å². The van der Waals surface area contributed by atoms with E-state index in [4.69, 9.17) is 4.98 Å². The molecule has 26 heavy (non-hydrogen) atoms. The third-order valence-electron chi connectivity index (χ3n) is 4.78. The standard InChI is InChI=1S/C23H17N3/c1-2-11-20-17(7-1)8-5-9-19(20)16-26-22-13-4-3-12-21(22)25-23(26)18-10-6-14-24-15-18/h1-15H,16H2. The van der Waals surface area contributed by atoms with Gasteiger partial charge in [-0.05, 0) is 40.6 Å². The molecule has 3 nitrogen and oxygen atoms in total. The highest BCUT2D eigenvalue weighted by Crippen LogP contribution is 2.27. The van der Waals surface area contributed by atoms with Gasteiger partial charge in [0.1, 0.15) is 5.82 Å². The van der Waals surface area contributed by atoms with Gasteiger partial charge in [-0.2, -0.15) is 0 Å². The predicted molar refractivity (Wildman–Crippen MR) is 106 cm³/mol. The van der Waals surface area contributed by atoms with Gasteiger partial charge in [0.15, 0.2) is 0 Å². The maximum absolute atomic E-state index is 4.88. The number of rotatable bonds is 3. The average Bonchev–Trinajstić information content (AvgIpc) is 3.08. The Morgan fingerprint density at radius 1 is 0.769 bits per heavy atom. The third kappa shape index (κ3) is 2.45. The van der Waals surface area contributed by atoms with E-state index in [0.717, 1.165) is 29.0 Å². The number of fused-ring (bicyclic) bond motifs is 2.